The molecule has 2 aromatic carbocycles. The largest absolute Gasteiger partial charge is 0.494 e. The maximum absolute atomic E-state index is 12.0. The molecule has 0 amide bonds. The molecule has 0 bridgehead atoms. The van der Waals surface area contributed by atoms with E-state index in [0.29, 0.717) is 6.61 Å². The number of rotatable bonds is 6. The first kappa shape index (κ1) is 16.0. The zero-order valence-corrected chi connectivity index (χ0v) is 13.3. The molecule has 0 atom stereocenters. The molecular formula is C16H18N2O3S. The van der Waals surface area contributed by atoms with Gasteiger partial charge in [-0.3, -0.25) is 0 Å². The van der Waals surface area contributed by atoms with E-state index in [2.05, 4.69) is 9.93 Å². The first-order valence-corrected chi connectivity index (χ1v) is 8.34. The number of nitrogens with zero attached hydrogens (tertiary/aromatic N) is 1. The van der Waals surface area contributed by atoms with Crippen molar-refractivity contribution in [3.05, 3.63) is 59.7 Å². The van der Waals surface area contributed by atoms with Gasteiger partial charge in [0.05, 0.1) is 17.7 Å². The minimum absolute atomic E-state index is 0.182. The zero-order chi connectivity index (χ0) is 16.0. The Balaban J connectivity index is 2.03. The molecule has 0 saturated carbocycles. The van der Waals surface area contributed by atoms with Gasteiger partial charge in [-0.25, -0.2) is 4.83 Å². The molecule has 0 radical (unpaired) electrons. The summed E-state index contributed by atoms with van der Waals surface area (Å²) in [7, 11) is -3.64. The summed E-state index contributed by atoms with van der Waals surface area (Å²) in [6, 6.07) is 13.8. The van der Waals surface area contributed by atoms with Crippen LogP contribution in [0.25, 0.3) is 0 Å². The van der Waals surface area contributed by atoms with Gasteiger partial charge in [0.15, 0.2) is 0 Å². The van der Waals surface area contributed by atoms with E-state index in [-0.39, 0.29) is 4.90 Å². The summed E-state index contributed by atoms with van der Waals surface area (Å²) >= 11 is 0. The van der Waals surface area contributed by atoms with Crippen LogP contribution >= 0.6 is 0 Å². The summed E-state index contributed by atoms with van der Waals surface area (Å²) in [5.74, 6) is 0.764. The van der Waals surface area contributed by atoms with Gasteiger partial charge < -0.3 is 4.74 Å². The summed E-state index contributed by atoms with van der Waals surface area (Å²) in [6.45, 7) is 4.41. The summed E-state index contributed by atoms with van der Waals surface area (Å²) in [6.07, 6.45) is 1.45. The highest BCUT2D eigenvalue weighted by Gasteiger charge is 2.11. The van der Waals surface area contributed by atoms with Crippen LogP contribution in [0.4, 0.5) is 0 Å². The van der Waals surface area contributed by atoms with E-state index in [1.165, 1.54) is 6.21 Å². The van der Waals surface area contributed by atoms with Crippen molar-refractivity contribution in [3.8, 4) is 5.75 Å². The molecule has 0 aromatic heterocycles. The lowest BCUT2D eigenvalue weighted by Gasteiger charge is -2.04. The number of ether oxygens (including phenoxy) is 1. The van der Waals surface area contributed by atoms with E-state index in [1.54, 1.807) is 48.5 Å². The quantitative estimate of drug-likeness (QED) is 0.658. The van der Waals surface area contributed by atoms with Gasteiger partial charge in [0.1, 0.15) is 5.75 Å². The molecule has 1 N–H and O–H groups in total. The number of nitrogens with one attached hydrogen (secondary N) is 1. The number of sulfonamides is 1. The maximum Gasteiger partial charge on any atom is 0.276 e. The Kier molecular flexibility index (Phi) is 5.16. The Hall–Kier alpha value is -2.34. The molecular weight excluding hydrogens is 300 g/mol. The molecule has 5 nitrogen and oxygen atoms in total. The lowest BCUT2D eigenvalue weighted by molar-refractivity contribution is 0.340. The Morgan fingerprint density at radius 3 is 2.32 bits per heavy atom. The van der Waals surface area contributed by atoms with Crippen molar-refractivity contribution in [2.75, 3.05) is 6.61 Å². The number of benzene rings is 2. The Labute approximate surface area is 130 Å². The number of hydrogen-bond donors (Lipinski definition) is 1. The van der Waals surface area contributed by atoms with Crippen molar-refractivity contribution in [3.63, 3.8) is 0 Å². The van der Waals surface area contributed by atoms with Crippen LogP contribution < -0.4 is 9.57 Å². The van der Waals surface area contributed by atoms with Crippen molar-refractivity contribution in [2.24, 2.45) is 5.10 Å². The van der Waals surface area contributed by atoms with Crippen molar-refractivity contribution >= 4 is 16.2 Å². The molecule has 2 rings (SSSR count). The maximum atomic E-state index is 12.0. The average molecular weight is 318 g/mol. The van der Waals surface area contributed by atoms with Gasteiger partial charge in [-0.2, -0.15) is 13.5 Å². The van der Waals surface area contributed by atoms with Gasteiger partial charge in [-0.15, -0.1) is 0 Å². The van der Waals surface area contributed by atoms with Crippen LogP contribution in [0.3, 0.4) is 0 Å². The van der Waals surface area contributed by atoms with E-state index in [0.717, 1.165) is 16.9 Å². The normalized spacial score (nSPS) is 11.5. The number of aryl methyl sites for hydroxylation is 1. The van der Waals surface area contributed by atoms with Crippen LogP contribution in [-0.4, -0.2) is 21.2 Å². The van der Waals surface area contributed by atoms with E-state index in [1.807, 2.05) is 13.8 Å². The molecule has 6 heteroatoms. The standard InChI is InChI=1S/C16H18N2O3S/c1-3-21-15-8-6-14(7-9-15)12-17-18-22(19,20)16-10-4-13(2)5-11-16/h4-12,18H,3H2,1-2H3/b17-12+. The monoisotopic (exact) mass is 318 g/mol. The lowest BCUT2D eigenvalue weighted by atomic mass is 10.2. The fourth-order valence-electron chi connectivity index (χ4n) is 1.76. The van der Waals surface area contributed by atoms with Gasteiger partial charge >= 0.3 is 0 Å². The SMILES string of the molecule is CCOc1ccc(/C=N/NS(=O)(=O)c2ccc(C)cc2)cc1. The number of hydrazone groups is 1. The molecule has 0 fully saturated rings. The highest BCUT2D eigenvalue weighted by Crippen LogP contribution is 2.11. The predicted molar refractivity (Wildman–Crippen MR) is 86.7 cm³/mol. The van der Waals surface area contributed by atoms with Gasteiger partial charge in [-0.05, 0) is 55.8 Å². The van der Waals surface area contributed by atoms with Crippen molar-refractivity contribution in [1.82, 2.24) is 4.83 Å². The van der Waals surface area contributed by atoms with Crippen LogP contribution in [0.5, 0.6) is 5.75 Å². The topological polar surface area (TPSA) is 67.8 Å². The second-order valence-corrected chi connectivity index (χ2v) is 6.33. The van der Waals surface area contributed by atoms with E-state index in [4.69, 9.17) is 4.74 Å². The van der Waals surface area contributed by atoms with Gasteiger partial charge in [0.2, 0.25) is 0 Å². The first-order chi connectivity index (χ1) is 10.5. The molecule has 0 saturated heterocycles. The summed E-state index contributed by atoms with van der Waals surface area (Å²) in [5.41, 5.74) is 1.77. The van der Waals surface area contributed by atoms with E-state index in [9.17, 15) is 8.42 Å². The Bertz CT molecular complexity index is 736. The molecule has 0 aliphatic carbocycles. The molecule has 116 valence electrons. The van der Waals surface area contributed by atoms with Crippen LogP contribution in [-0.2, 0) is 10.0 Å². The molecule has 0 unspecified atom stereocenters. The minimum atomic E-state index is -3.64. The summed E-state index contributed by atoms with van der Waals surface area (Å²) < 4.78 is 29.4. The molecule has 0 heterocycles. The summed E-state index contributed by atoms with van der Waals surface area (Å²) in [5, 5.41) is 3.78. The Morgan fingerprint density at radius 1 is 1.09 bits per heavy atom. The van der Waals surface area contributed by atoms with E-state index >= 15 is 0 Å². The third-order valence-electron chi connectivity index (χ3n) is 2.91. The fraction of sp³-hybridized carbons (Fsp3) is 0.188. The average Bonchev–Trinajstić information content (AvgIpc) is 2.50. The molecule has 22 heavy (non-hydrogen) atoms. The van der Waals surface area contributed by atoms with Crippen LogP contribution in [0.2, 0.25) is 0 Å². The fourth-order valence-corrected chi connectivity index (χ4v) is 2.55. The number of hydrogen-bond acceptors (Lipinski definition) is 4. The lowest BCUT2D eigenvalue weighted by Crippen LogP contribution is -2.18. The second kappa shape index (κ2) is 7.09. The highest BCUT2D eigenvalue weighted by atomic mass is 32.2. The third-order valence-corrected chi connectivity index (χ3v) is 4.15. The second-order valence-electron chi connectivity index (χ2n) is 4.67. The highest BCUT2D eigenvalue weighted by molar-refractivity contribution is 7.89. The molecule has 0 aliphatic heterocycles. The van der Waals surface area contributed by atoms with Gasteiger partial charge in [0, 0.05) is 0 Å². The van der Waals surface area contributed by atoms with E-state index < -0.39 is 10.0 Å². The minimum Gasteiger partial charge on any atom is -0.494 e. The Morgan fingerprint density at radius 2 is 1.73 bits per heavy atom. The summed E-state index contributed by atoms with van der Waals surface area (Å²) in [4.78, 5) is 2.38. The predicted octanol–water partition coefficient (Wildman–Crippen LogP) is 2.71. The smallest absolute Gasteiger partial charge is 0.276 e. The van der Waals surface area contributed by atoms with Gasteiger partial charge in [-0.1, -0.05) is 17.7 Å². The van der Waals surface area contributed by atoms with Crippen LogP contribution in [0.1, 0.15) is 18.1 Å². The first-order valence-electron chi connectivity index (χ1n) is 6.85. The molecule has 0 spiro atoms. The zero-order valence-electron chi connectivity index (χ0n) is 12.5. The van der Waals surface area contributed by atoms with Gasteiger partial charge in [0.25, 0.3) is 10.0 Å². The molecule has 2 aromatic rings. The molecule has 0 aliphatic rings. The van der Waals surface area contributed by atoms with Crippen LogP contribution in [0.15, 0.2) is 58.5 Å². The van der Waals surface area contributed by atoms with Crippen molar-refractivity contribution < 1.29 is 13.2 Å². The van der Waals surface area contributed by atoms with Crippen molar-refractivity contribution in [2.45, 2.75) is 18.7 Å². The van der Waals surface area contributed by atoms with Crippen LogP contribution in [0, 0.1) is 6.92 Å². The van der Waals surface area contributed by atoms with Crippen molar-refractivity contribution in [1.29, 1.82) is 0 Å². The third kappa shape index (κ3) is 4.33.